The van der Waals surface area contributed by atoms with Crippen molar-refractivity contribution in [2.45, 2.75) is 6.92 Å². The minimum atomic E-state index is -0.400. The van der Waals surface area contributed by atoms with Crippen LogP contribution in [0, 0.1) is 0 Å². The smallest absolute Gasteiger partial charge is 0.250 e. The number of benzene rings is 2. The largest absolute Gasteiger partial charge is 0.368 e. The molecule has 7 heteroatoms. The second kappa shape index (κ2) is 9.01. The van der Waals surface area contributed by atoms with Crippen LogP contribution in [0.3, 0.4) is 0 Å². The molecule has 0 heterocycles. The van der Waals surface area contributed by atoms with E-state index in [4.69, 9.17) is 28.9 Å². The molecular formula is C18H16Cl2N4O. The number of carbonyl (C=O) groups excluding carboxylic acids is 1. The summed E-state index contributed by atoms with van der Waals surface area (Å²) in [6.45, 7) is 1.73. The molecular weight excluding hydrogens is 359 g/mol. The third-order valence-electron chi connectivity index (χ3n) is 3.11. The molecule has 3 N–H and O–H groups in total. The molecule has 0 saturated carbocycles. The lowest BCUT2D eigenvalue weighted by atomic mass is 10.1. The fourth-order valence-corrected chi connectivity index (χ4v) is 2.44. The summed E-state index contributed by atoms with van der Waals surface area (Å²) in [6.07, 6.45) is 3.04. The number of hydrogen-bond donors (Lipinski definition) is 2. The number of nitrogens with zero attached hydrogens (tertiary/aromatic N) is 2. The number of halogens is 2. The standard InChI is InChI=1S/C18H16Cl2N4O/c1-12(15-9-8-14(19)11-16(15)20)23-24-18(21)22-17(25)10-7-13-5-3-2-4-6-13/h2-11H,1H3,(H3,21,22,24,25)/b10-7+,23-12+. The van der Waals surface area contributed by atoms with Crippen LogP contribution in [-0.2, 0) is 4.79 Å². The molecule has 128 valence electrons. The van der Waals surface area contributed by atoms with Gasteiger partial charge in [-0.05, 0) is 30.7 Å². The van der Waals surface area contributed by atoms with E-state index < -0.39 is 5.91 Å². The molecule has 5 nitrogen and oxygen atoms in total. The zero-order chi connectivity index (χ0) is 18.2. The van der Waals surface area contributed by atoms with Crippen molar-refractivity contribution in [1.29, 1.82) is 0 Å². The van der Waals surface area contributed by atoms with Crippen molar-refractivity contribution >= 4 is 46.9 Å². The van der Waals surface area contributed by atoms with Crippen molar-refractivity contribution in [1.82, 2.24) is 5.32 Å². The van der Waals surface area contributed by atoms with Crippen LogP contribution in [0.25, 0.3) is 6.08 Å². The second-order valence-corrected chi connectivity index (χ2v) is 5.87. The number of carbonyl (C=O) groups is 1. The summed E-state index contributed by atoms with van der Waals surface area (Å²) in [6, 6.07) is 14.5. The summed E-state index contributed by atoms with van der Waals surface area (Å²) in [5, 5.41) is 11.2. The quantitative estimate of drug-likeness (QED) is 0.368. The van der Waals surface area contributed by atoms with Crippen molar-refractivity contribution in [2.75, 3.05) is 0 Å². The molecule has 2 aromatic carbocycles. The van der Waals surface area contributed by atoms with Gasteiger partial charge in [0.05, 0.1) is 10.7 Å². The van der Waals surface area contributed by atoms with Gasteiger partial charge in [0.2, 0.25) is 5.96 Å². The third-order valence-corrected chi connectivity index (χ3v) is 3.65. The maximum absolute atomic E-state index is 11.8. The SMILES string of the molecule is C/C(=N\N=C(N)NC(=O)/C=C/c1ccccc1)c1ccc(Cl)cc1Cl. The minimum Gasteiger partial charge on any atom is -0.368 e. The highest BCUT2D eigenvalue weighted by atomic mass is 35.5. The van der Waals surface area contributed by atoms with E-state index in [1.807, 2.05) is 30.3 Å². The molecule has 0 aliphatic heterocycles. The summed E-state index contributed by atoms with van der Waals surface area (Å²) in [5.74, 6) is -0.519. The highest BCUT2D eigenvalue weighted by molar-refractivity contribution is 6.37. The number of amides is 1. The average Bonchev–Trinajstić information content (AvgIpc) is 2.59. The first-order valence-electron chi connectivity index (χ1n) is 7.33. The van der Waals surface area contributed by atoms with Crippen molar-refractivity contribution in [3.63, 3.8) is 0 Å². The van der Waals surface area contributed by atoms with E-state index in [2.05, 4.69) is 15.5 Å². The lowest BCUT2D eigenvalue weighted by Gasteiger charge is -2.03. The fourth-order valence-electron chi connectivity index (χ4n) is 1.89. The van der Waals surface area contributed by atoms with Crippen LogP contribution in [0.15, 0.2) is 64.8 Å². The zero-order valence-corrected chi connectivity index (χ0v) is 14.9. The second-order valence-electron chi connectivity index (χ2n) is 5.03. The Hall–Kier alpha value is -2.63. The summed E-state index contributed by atoms with van der Waals surface area (Å²) < 4.78 is 0. The maximum atomic E-state index is 11.8. The Morgan fingerprint density at radius 3 is 2.52 bits per heavy atom. The summed E-state index contributed by atoms with van der Waals surface area (Å²) in [7, 11) is 0. The van der Waals surface area contributed by atoms with Gasteiger partial charge in [-0.15, -0.1) is 5.10 Å². The molecule has 25 heavy (non-hydrogen) atoms. The molecule has 0 bridgehead atoms. The lowest BCUT2D eigenvalue weighted by Crippen LogP contribution is -2.35. The molecule has 0 radical (unpaired) electrons. The Balaban J connectivity index is 2.00. The van der Waals surface area contributed by atoms with Gasteiger partial charge in [-0.3, -0.25) is 10.1 Å². The maximum Gasteiger partial charge on any atom is 0.250 e. The van der Waals surface area contributed by atoms with Crippen molar-refractivity contribution < 1.29 is 4.79 Å². The average molecular weight is 375 g/mol. The molecule has 0 unspecified atom stereocenters. The van der Waals surface area contributed by atoms with E-state index in [9.17, 15) is 4.79 Å². The molecule has 0 aliphatic rings. The van der Waals surface area contributed by atoms with Crippen LogP contribution in [0.1, 0.15) is 18.1 Å². The lowest BCUT2D eigenvalue weighted by molar-refractivity contribution is -0.115. The van der Waals surface area contributed by atoms with Gasteiger partial charge in [-0.2, -0.15) is 5.10 Å². The molecule has 2 aromatic rings. The van der Waals surface area contributed by atoms with Crippen LogP contribution >= 0.6 is 23.2 Å². The van der Waals surface area contributed by atoms with Gasteiger partial charge in [0, 0.05) is 16.7 Å². The van der Waals surface area contributed by atoms with Crippen LogP contribution < -0.4 is 11.1 Å². The minimum absolute atomic E-state index is 0.118. The van der Waals surface area contributed by atoms with Gasteiger partial charge in [-0.25, -0.2) is 0 Å². The predicted molar refractivity (Wildman–Crippen MR) is 104 cm³/mol. The Kier molecular flexibility index (Phi) is 6.74. The van der Waals surface area contributed by atoms with Gasteiger partial charge in [0.1, 0.15) is 0 Å². The van der Waals surface area contributed by atoms with E-state index in [0.717, 1.165) is 5.56 Å². The molecule has 0 aliphatic carbocycles. The number of nitrogens with one attached hydrogen (secondary N) is 1. The molecule has 2 rings (SSSR count). The van der Waals surface area contributed by atoms with Gasteiger partial charge < -0.3 is 5.73 Å². The zero-order valence-electron chi connectivity index (χ0n) is 13.4. The molecule has 0 saturated heterocycles. The third kappa shape index (κ3) is 6.06. The Morgan fingerprint density at radius 2 is 1.84 bits per heavy atom. The normalized spacial score (nSPS) is 12.4. The van der Waals surface area contributed by atoms with E-state index in [0.29, 0.717) is 21.3 Å². The first kappa shape index (κ1) is 18.7. The number of nitrogens with two attached hydrogens (primary N) is 1. The molecule has 0 aromatic heterocycles. The van der Waals surface area contributed by atoms with E-state index in [-0.39, 0.29) is 5.96 Å². The summed E-state index contributed by atoms with van der Waals surface area (Å²) >= 11 is 12.0. The number of guanidine groups is 1. The molecule has 0 fully saturated rings. The van der Waals surface area contributed by atoms with E-state index in [1.165, 1.54) is 6.08 Å². The first-order valence-corrected chi connectivity index (χ1v) is 8.08. The highest BCUT2D eigenvalue weighted by Gasteiger charge is 2.05. The predicted octanol–water partition coefficient (Wildman–Crippen LogP) is 3.86. The number of rotatable bonds is 4. The highest BCUT2D eigenvalue weighted by Crippen LogP contribution is 2.21. The number of hydrogen-bond acceptors (Lipinski definition) is 3. The van der Waals surface area contributed by atoms with Crippen molar-refractivity contribution in [2.24, 2.45) is 15.9 Å². The van der Waals surface area contributed by atoms with Crippen LogP contribution in [0.2, 0.25) is 10.0 Å². The van der Waals surface area contributed by atoms with Crippen molar-refractivity contribution in [3.05, 3.63) is 75.8 Å². The molecule has 1 amide bonds. The Morgan fingerprint density at radius 1 is 1.12 bits per heavy atom. The Labute approximate surface area is 155 Å². The van der Waals surface area contributed by atoms with Crippen molar-refractivity contribution in [3.8, 4) is 0 Å². The fraction of sp³-hybridized carbons (Fsp3) is 0.0556. The van der Waals surface area contributed by atoms with E-state index in [1.54, 1.807) is 31.2 Å². The van der Waals surface area contributed by atoms with Crippen LogP contribution in [-0.4, -0.2) is 17.6 Å². The molecule has 0 spiro atoms. The van der Waals surface area contributed by atoms with Crippen LogP contribution in [0.5, 0.6) is 0 Å². The topological polar surface area (TPSA) is 79.8 Å². The van der Waals surface area contributed by atoms with Gasteiger partial charge >= 0.3 is 0 Å². The molecule has 0 atom stereocenters. The summed E-state index contributed by atoms with van der Waals surface area (Å²) in [4.78, 5) is 11.8. The van der Waals surface area contributed by atoms with E-state index >= 15 is 0 Å². The first-order chi connectivity index (χ1) is 12.0. The van der Waals surface area contributed by atoms with Gasteiger partial charge in [-0.1, -0.05) is 59.6 Å². The Bertz CT molecular complexity index is 845. The van der Waals surface area contributed by atoms with Gasteiger partial charge in [0.25, 0.3) is 5.91 Å². The van der Waals surface area contributed by atoms with Crippen LogP contribution in [0.4, 0.5) is 0 Å². The van der Waals surface area contributed by atoms with Gasteiger partial charge in [0.15, 0.2) is 0 Å². The monoisotopic (exact) mass is 374 g/mol. The summed E-state index contributed by atoms with van der Waals surface area (Å²) in [5.41, 5.74) is 7.78.